The fourth-order valence-electron chi connectivity index (χ4n) is 2.23. The molecule has 0 bridgehead atoms. The average molecular weight is 332 g/mol. The highest BCUT2D eigenvalue weighted by atomic mass is 19.4. The van der Waals surface area contributed by atoms with Crippen LogP contribution < -0.4 is 4.74 Å². The zero-order chi connectivity index (χ0) is 17.0. The Morgan fingerprint density at radius 3 is 2.61 bits per heavy atom. The number of benzene rings is 1. The number of aliphatic hydroxyl groups is 1. The Hall–Kier alpha value is -2.09. The highest BCUT2D eigenvalue weighted by Crippen LogP contribution is 2.31. The third-order valence-electron chi connectivity index (χ3n) is 3.27. The molecule has 0 unspecified atom stereocenters. The first-order valence-corrected chi connectivity index (χ1v) is 6.92. The predicted octanol–water partition coefficient (Wildman–Crippen LogP) is 3.02. The van der Waals surface area contributed by atoms with E-state index < -0.39 is 17.7 Å². The molecule has 0 saturated heterocycles. The van der Waals surface area contributed by atoms with Crippen LogP contribution in [0.25, 0.3) is 0 Å². The summed E-state index contributed by atoms with van der Waals surface area (Å²) in [5.74, 6) is -0.525. The number of halogens is 4. The molecular weight excluding hydrogens is 316 g/mol. The first-order chi connectivity index (χ1) is 10.8. The minimum absolute atomic E-state index is 0.00309. The molecule has 4 nitrogen and oxygen atoms in total. The SMILES string of the molecule is COc1ccc(Cn2cc(CCCO)c(C(F)(F)F)n2)cc1F. The van der Waals surface area contributed by atoms with Crippen LogP contribution in [0.2, 0.25) is 0 Å². The summed E-state index contributed by atoms with van der Waals surface area (Å²) in [4.78, 5) is 0. The third kappa shape index (κ3) is 4.22. The molecule has 8 heteroatoms. The van der Waals surface area contributed by atoms with Gasteiger partial charge in [-0.3, -0.25) is 4.68 Å². The predicted molar refractivity (Wildman–Crippen MR) is 74.7 cm³/mol. The van der Waals surface area contributed by atoms with Crippen molar-refractivity contribution >= 4 is 0 Å². The quantitative estimate of drug-likeness (QED) is 0.827. The molecular formula is C15H16F4N2O2. The highest BCUT2D eigenvalue weighted by molar-refractivity contribution is 5.30. The van der Waals surface area contributed by atoms with Crippen molar-refractivity contribution in [2.24, 2.45) is 0 Å². The first kappa shape index (κ1) is 17.3. The molecule has 0 amide bonds. The summed E-state index contributed by atoms with van der Waals surface area (Å²) in [5, 5.41) is 12.3. The zero-order valence-corrected chi connectivity index (χ0v) is 12.4. The van der Waals surface area contributed by atoms with Gasteiger partial charge in [0.05, 0.1) is 13.7 Å². The van der Waals surface area contributed by atoms with Crippen LogP contribution in [-0.4, -0.2) is 28.6 Å². The number of ether oxygens (including phenoxy) is 1. The van der Waals surface area contributed by atoms with Gasteiger partial charge >= 0.3 is 6.18 Å². The van der Waals surface area contributed by atoms with Gasteiger partial charge in [-0.2, -0.15) is 18.3 Å². The molecule has 1 heterocycles. The van der Waals surface area contributed by atoms with E-state index in [0.717, 1.165) is 4.68 Å². The number of hydrogen-bond acceptors (Lipinski definition) is 3. The van der Waals surface area contributed by atoms with Crippen LogP contribution in [0.1, 0.15) is 23.2 Å². The number of nitrogens with zero attached hydrogens (tertiary/aromatic N) is 2. The van der Waals surface area contributed by atoms with E-state index in [1.165, 1.54) is 25.4 Å². The molecule has 0 atom stereocenters. The Bertz CT molecular complexity index is 668. The number of alkyl halides is 3. The van der Waals surface area contributed by atoms with Crippen LogP contribution in [0.3, 0.4) is 0 Å². The molecule has 0 aliphatic carbocycles. The molecule has 1 aromatic heterocycles. The lowest BCUT2D eigenvalue weighted by molar-refractivity contribution is -0.142. The van der Waals surface area contributed by atoms with Gasteiger partial charge in [-0.15, -0.1) is 0 Å². The second-order valence-electron chi connectivity index (χ2n) is 4.99. The van der Waals surface area contributed by atoms with Gasteiger partial charge in [0.2, 0.25) is 0 Å². The van der Waals surface area contributed by atoms with Crippen molar-refractivity contribution in [1.82, 2.24) is 9.78 Å². The van der Waals surface area contributed by atoms with Gasteiger partial charge in [-0.25, -0.2) is 4.39 Å². The Balaban J connectivity index is 2.26. The number of hydrogen-bond donors (Lipinski definition) is 1. The van der Waals surface area contributed by atoms with Crippen molar-refractivity contribution < 1.29 is 27.4 Å². The van der Waals surface area contributed by atoms with Crippen LogP contribution >= 0.6 is 0 Å². The molecule has 0 saturated carbocycles. The largest absolute Gasteiger partial charge is 0.494 e. The van der Waals surface area contributed by atoms with Crippen LogP contribution in [0.4, 0.5) is 17.6 Å². The molecule has 0 spiro atoms. The van der Waals surface area contributed by atoms with Gasteiger partial charge < -0.3 is 9.84 Å². The van der Waals surface area contributed by atoms with E-state index in [4.69, 9.17) is 9.84 Å². The summed E-state index contributed by atoms with van der Waals surface area (Å²) in [6, 6.07) is 4.16. The molecule has 0 radical (unpaired) electrons. The maximum atomic E-state index is 13.6. The maximum absolute atomic E-state index is 13.6. The summed E-state index contributed by atoms with van der Waals surface area (Å²) >= 11 is 0. The van der Waals surface area contributed by atoms with Crippen molar-refractivity contribution in [3.63, 3.8) is 0 Å². The average Bonchev–Trinajstić information content (AvgIpc) is 2.88. The van der Waals surface area contributed by atoms with E-state index >= 15 is 0 Å². The summed E-state index contributed by atoms with van der Waals surface area (Å²) in [6.07, 6.45) is -3.00. The van der Waals surface area contributed by atoms with E-state index in [-0.39, 0.29) is 37.3 Å². The van der Waals surface area contributed by atoms with E-state index in [9.17, 15) is 17.6 Å². The van der Waals surface area contributed by atoms with Crippen molar-refractivity contribution in [3.05, 3.63) is 47.0 Å². The molecule has 0 fully saturated rings. The molecule has 0 aliphatic rings. The zero-order valence-electron chi connectivity index (χ0n) is 12.4. The lowest BCUT2D eigenvalue weighted by atomic mass is 10.1. The summed E-state index contributed by atoms with van der Waals surface area (Å²) in [6.45, 7) is -0.199. The number of aliphatic hydroxyl groups excluding tert-OH is 1. The highest BCUT2D eigenvalue weighted by Gasteiger charge is 2.36. The topological polar surface area (TPSA) is 47.3 Å². The van der Waals surface area contributed by atoms with Crippen LogP contribution in [0, 0.1) is 5.82 Å². The summed E-state index contributed by atoms with van der Waals surface area (Å²) in [5.41, 5.74) is -0.492. The maximum Gasteiger partial charge on any atom is 0.435 e. The van der Waals surface area contributed by atoms with E-state index in [2.05, 4.69) is 5.10 Å². The van der Waals surface area contributed by atoms with E-state index in [1.54, 1.807) is 6.07 Å². The second-order valence-corrected chi connectivity index (χ2v) is 4.99. The summed E-state index contributed by atoms with van der Waals surface area (Å²) < 4.78 is 58.5. The standard InChI is InChI=1S/C15H16F4N2O2/c1-23-13-5-4-10(7-12(13)16)8-21-9-11(3-2-6-22)14(20-21)15(17,18)19/h4-5,7,9,22H,2-3,6,8H2,1H3. The number of methoxy groups -OCH3 is 1. The monoisotopic (exact) mass is 332 g/mol. The second kappa shape index (κ2) is 6.99. The fraction of sp³-hybridized carbons (Fsp3) is 0.400. The third-order valence-corrected chi connectivity index (χ3v) is 3.27. The molecule has 126 valence electrons. The smallest absolute Gasteiger partial charge is 0.435 e. The number of aromatic nitrogens is 2. The number of rotatable bonds is 6. The molecule has 1 aromatic carbocycles. The first-order valence-electron chi connectivity index (χ1n) is 6.92. The van der Waals surface area contributed by atoms with Gasteiger partial charge in [0.25, 0.3) is 0 Å². The van der Waals surface area contributed by atoms with Crippen LogP contribution in [-0.2, 0) is 19.1 Å². The molecule has 1 N–H and O–H groups in total. The Morgan fingerprint density at radius 1 is 1.30 bits per heavy atom. The normalized spacial score (nSPS) is 11.7. The van der Waals surface area contributed by atoms with Gasteiger partial charge in [-0.1, -0.05) is 6.07 Å². The van der Waals surface area contributed by atoms with Crippen LogP contribution in [0.5, 0.6) is 5.75 Å². The van der Waals surface area contributed by atoms with Crippen LogP contribution in [0.15, 0.2) is 24.4 Å². The minimum Gasteiger partial charge on any atom is -0.494 e. The minimum atomic E-state index is -4.57. The Labute approximate surface area is 130 Å². The fourth-order valence-corrected chi connectivity index (χ4v) is 2.23. The molecule has 0 aliphatic heterocycles. The van der Waals surface area contributed by atoms with Crippen molar-refractivity contribution in [2.45, 2.75) is 25.6 Å². The lowest BCUT2D eigenvalue weighted by Gasteiger charge is -2.06. The lowest BCUT2D eigenvalue weighted by Crippen LogP contribution is -2.10. The summed E-state index contributed by atoms with van der Waals surface area (Å²) in [7, 11) is 1.33. The van der Waals surface area contributed by atoms with E-state index in [1.807, 2.05) is 0 Å². The molecule has 2 rings (SSSR count). The van der Waals surface area contributed by atoms with Gasteiger partial charge in [-0.05, 0) is 30.5 Å². The van der Waals surface area contributed by atoms with Gasteiger partial charge in [0.1, 0.15) is 0 Å². The van der Waals surface area contributed by atoms with Crippen molar-refractivity contribution in [1.29, 1.82) is 0 Å². The Morgan fingerprint density at radius 2 is 2.04 bits per heavy atom. The van der Waals surface area contributed by atoms with Gasteiger partial charge in [0, 0.05) is 18.4 Å². The van der Waals surface area contributed by atoms with Crippen molar-refractivity contribution in [2.75, 3.05) is 13.7 Å². The van der Waals surface area contributed by atoms with Gasteiger partial charge in [0.15, 0.2) is 17.3 Å². The number of aryl methyl sites for hydroxylation is 1. The Kier molecular flexibility index (Phi) is 5.25. The van der Waals surface area contributed by atoms with E-state index in [0.29, 0.717) is 5.56 Å². The van der Waals surface area contributed by atoms with Crippen molar-refractivity contribution in [3.8, 4) is 5.75 Å². The molecule has 2 aromatic rings. The molecule has 23 heavy (non-hydrogen) atoms.